The molecular formula is C19H32N6O3S. The lowest BCUT2D eigenvalue weighted by atomic mass is 10.1. The molecule has 0 spiro atoms. The van der Waals surface area contributed by atoms with E-state index in [4.69, 9.17) is 21.1 Å². The lowest BCUT2D eigenvalue weighted by Crippen LogP contribution is -2.63. The molecule has 162 valence electrons. The molecular weight excluding hydrogens is 392 g/mol. The number of ether oxygens (including phenoxy) is 2. The van der Waals surface area contributed by atoms with Gasteiger partial charge in [-0.15, -0.1) is 11.8 Å². The van der Waals surface area contributed by atoms with Crippen LogP contribution in [-0.2, 0) is 9.47 Å². The highest BCUT2D eigenvalue weighted by Gasteiger charge is 2.37. The summed E-state index contributed by atoms with van der Waals surface area (Å²) in [7, 11) is 1.69. The Morgan fingerprint density at radius 1 is 1.41 bits per heavy atom. The lowest BCUT2D eigenvalue weighted by Gasteiger charge is -2.40. The highest BCUT2D eigenvalue weighted by molar-refractivity contribution is 7.99. The molecule has 1 fully saturated rings. The molecule has 6 N–H and O–H groups in total. The summed E-state index contributed by atoms with van der Waals surface area (Å²) in [6.45, 7) is 2.14. The topological polar surface area (TPSA) is 127 Å². The second kappa shape index (κ2) is 10.4. The van der Waals surface area contributed by atoms with E-state index in [1.807, 2.05) is 18.2 Å². The Bertz CT molecular complexity index is 670. The molecule has 5 atom stereocenters. The first-order valence-corrected chi connectivity index (χ1v) is 11.2. The van der Waals surface area contributed by atoms with Crippen LogP contribution >= 0.6 is 11.8 Å². The third kappa shape index (κ3) is 5.52. The van der Waals surface area contributed by atoms with Crippen molar-refractivity contribution >= 4 is 11.8 Å². The SMILES string of the molecule is CCCSC1NC(OC2=CCC(OC)C=C2)=C(N)C(N(N)[C@H]2CC[C@@H](N=O)C2)N1. The number of nitrogens with one attached hydrogen (secondary N) is 2. The normalized spacial score (nSPS) is 32.3. The van der Waals surface area contributed by atoms with Crippen molar-refractivity contribution in [1.82, 2.24) is 15.6 Å². The van der Waals surface area contributed by atoms with Gasteiger partial charge in [-0.3, -0.25) is 11.2 Å². The minimum Gasteiger partial charge on any atom is -0.440 e. The number of hydrogen-bond donors (Lipinski definition) is 4. The van der Waals surface area contributed by atoms with Crippen LogP contribution in [0.3, 0.4) is 0 Å². The summed E-state index contributed by atoms with van der Waals surface area (Å²) in [6.07, 6.45) is 9.54. The van der Waals surface area contributed by atoms with Crippen molar-refractivity contribution in [2.24, 2.45) is 16.8 Å². The van der Waals surface area contributed by atoms with Gasteiger partial charge in [-0.05, 0) is 50.0 Å². The number of nitroso groups, excluding NO2 is 1. The standard InChI is InChI=1S/C19H32N6O3S/c1-3-10-29-19-22-17(25(21)13-5-4-12(11-13)24-26)16(20)18(23-19)28-15-8-6-14(27-2)7-9-15/h6,8-9,12-14,17,19,22-23H,3-5,7,10-11,20-21H2,1-2H3/t12-,13+,14?,17?,19?/m1/s1. The van der Waals surface area contributed by atoms with Crippen molar-refractivity contribution < 1.29 is 9.47 Å². The highest BCUT2D eigenvalue weighted by atomic mass is 32.2. The lowest BCUT2D eigenvalue weighted by molar-refractivity contribution is 0.107. The number of allylic oxidation sites excluding steroid dienone is 1. The second-order valence-electron chi connectivity index (χ2n) is 7.50. The number of rotatable bonds is 9. The highest BCUT2D eigenvalue weighted by Crippen LogP contribution is 2.29. The fraction of sp³-hybridized carbons (Fsp3) is 0.684. The van der Waals surface area contributed by atoms with Crippen molar-refractivity contribution in [3.05, 3.63) is 40.5 Å². The van der Waals surface area contributed by atoms with Crippen LogP contribution in [0.4, 0.5) is 0 Å². The molecule has 1 heterocycles. The van der Waals surface area contributed by atoms with Gasteiger partial charge in [0.25, 0.3) is 0 Å². The summed E-state index contributed by atoms with van der Waals surface area (Å²) in [5.74, 6) is 8.67. The van der Waals surface area contributed by atoms with Gasteiger partial charge in [0.15, 0.2) is 0 Å². The summed E-state index contributed by atoms with van der Waals surface area (Å²) >= 11 is 1.74. The van der Waals surface area contributed by atoms with E-state index < -0.39 is 6.17 Å². The molecule has 0 bridgehead atoms. The van der Waals surface area contributed by atoms with Crippen LogP contribution in [0.15, 0.2) is 40.7 Å². The zero-order valence-corrected chi connectivity index (χ0v) is 17.9. The first kappa shape index (κ1) is 22.1. The maximum Gasteiger partial charge on any atom is 0.217 e. The summed E-state index contributed by atoms with van der Waals surface area (Å²) in [5, 5.41) is 11.7. The Kier molecular flexibility index (Phi) is 7.96. The number of hydrazine groups is 1. The quantitative estimate of drug-likeness (QED) is 0.249. The summed E-state index contributed by atoms with van der Waals surface area (Å²) in [5.41, 5.74) is 6.86. The van der Waals surface area contributed by atoms with Crippen molar-refractivity contribution in [3.63, 3.8) is 0 Å². The molecule has 29 heavy (non-hydrogen) atoms. The molecule has 1 aliphatic heterocycles. The van der Waals surface area contributed by atoms with Crippen LogP contribution in [0.25, 0.3) is 0 Å². The largest absolute Gasteiger partial charge is 0.440 e. The number of nitrogens with two attached hydrogens (primary N) is 2. The van der Waals surface area contributed by atoms with Gasteiger partial charge >= 0.3 is 0 Å². The number of methoxy groups -OCH3 is 1. The molecule has 2 aliphatic carbocycles. The van der Waals surface area contributed by atoms with Crippen LogP contribution in [0.2, 0.25) is 0 Å². The van der Waals surface area contributed by atoms with E-state index in [0.29, 0.717) is 18.0 Å². The minimum atomic E-state index is -0.393. The third-order valence-corrected chi connectivity index (χ3v) is 6.64. The molecule has 0 saturated heterocycles. The monoisotopic (exact) mass is 424 g/mol. The molecule has 1 saturated carbocycles. The number of hydrogen-bond acceptors (Lipinski definition) is 10. The van der Waals surface area contributed by atoms with Gasteiger partial charge in [-0.1, -0.05) is 18.2 Å². The third-order valence-electron chi connectivity index (χ3n) is 5.41. The van der Waals surface area contributed by atoms with E-state index in [1.165, 1.54) is 0 Å². The van der Waals surface area contributed by atoms with E-state index in [-0.39, 0.29) is 23.7 Å². The van der Waals surface area contributed by atoms with Gasteiger partial charge in [0.05, 0.1) is 12.1 Å². The fourth-order valence-electron chi connectivity index (χ4n) is 3.72. The molecule has 0 aromatic carbocycles. The minimum absolute atomic E-state index is 0.0428. The van der Waals surface area contributed by atoms with Crippen molar-refractivity contribution in [1.29, 1.82) is 0 Å². The predicted molar refractivity (Wildman–Crippen MR) is 115 cm³/mol. The van der Waals surface area contributed by atoms with Gasteiger partial charge in [-0.25, -0.2) is 5.01 Å². The van der Waals surface area contributed by atoms with E-state index in [0.717, 1.165) is 37.2 Å². The average Bonchev–Trinajstić information content (AvgIpc) is 3.23. The van der Waals surface area contributed by atoms with Gasteiger partial charge in [0, 0.05) is 13.2 Å². The van der Waals surface area contributed by atoms with E-state index in [9.17, 15) is 4.91 Å². The van der Waals surface area contributed by atoms with Crippen molar-refractivity contribution in [2.75, 3.05) is 12.9 Å². The Balaban J connectivity index is 1.75. The second-order valence-corrected chi connectivity index (χ2v) is 8.71. The van der Waals surface area contributed by atoms with E-state index in [2.05, 4.69) is 22.7 Å². The first-order valence-electron chi connectivity index (χ1n) is 10.1. The molecule has 0 amide bonds. The number of nitrogens with zero attached hydrogens (tertiary/aromatic N) is 2. The van der Waals surface area contributed by atoms with Gasteiger partial charge < -0.3 is 20.5 Å². The van der Waals surface area contributed by atoms with Crippen LogP contribution in [0.1, 0.15) is 39.0 Å². The van der Waals surface area contributed by atoms with Crippen molar-refractivity contribution in [2.45, 2.75) is 68.9 Å². The summed E-state index contributed by atoms with van der Waals surface area (Å²) < 4.78 is 11.4. The van der Waals surface area contributed by atoms with Crippen LogP contribution in [-0.4, -0.2) is 47.7 Å². The predicted octanol–water partition coefficient (Wildman–Crippen LogP) is 1.80. The molecule has 9 nitrogen and oxygen atoms in total. The number of thioether (sulfide) groups is 1. The van der Waals surface area contributed by atoms with Crippen LogP contribution in [0.5, 0.6) is 0 Å². The smallest absolute Gasteiger partial charge is 0.217 e. The molecule has 3 rings (SSSR count). The summed E-state index contributed by atoms with van der Waals surface area (Å²) in [4.78, 5) is 10.9. The molecule has 0 aromatic heterocycles. The van der Waals surface area contributed by atoms with Gasteiger partial charge in [0.2, 0.25) is 5.88 Å². The van der Waals surface area contributed by atoms with Gasteiger partial charge in [0.1, 0.15) is 23.1 Å². The van der Waals surface area contributed by atoms with E-state index >= 15 is 0 Å². The Morgan fingerprint density at radius 2 is 2.24 bits per heavy atom. The fourth-order valence-corrected chi connectivity index (χ4v) is 4.61. The molecule has 0 aromatic rings. The molecule has 0 radical (unpaired) electrons. The van der Waals surface area contributed by atoms with Crippen LogP contribution in [0, 0.1) is 4.91 Å². The van der Waals surface area contributed by atoms with Gasteiger partial charge in [-0.2, -0.15) is 4.91 Å². The van der Waals surface area contributed by atoms with Crippen LogP contribution < -0.4 is 22.2 Å². The zero-order chi connectivity index (χ0) is 20.8. The van der Waals surface area contributed by atoms with Crippen molar-refractivity contribution in [3.8, 4) is 0 Å². The summed E-state index contributed by atoms with van der Waals surface area (Å²) in [6, 6.07) is -0.133. The van der Waals surface area contributed by atoms with E-state index in [1.54, 1.807) is 23.9 Å². The molecule has 3 aliphatic rings. The molecule has 3 unspecified atom stereocenters. The zero-order valence-electron chi connectivity index (χ0n) is 17.0. The molecule has 10 heteroatoms. The Hall–Kier alpha value is -1.59. The first-order chi connectivity index (χ1) is 14.0. The Labute approximate surface area is 176 Å². The average molecular weight is 425 g/mol. The maximum atomic E-state index is 10.9. The maximum absolute atomic E-state index is 10.9. The Morgan fingerprint density at radius 3 is 2.86 bits per heavy atom.